The number of carbonyl (C=O) groups is 1. The molecule has 3 rings (SSSR count). The number of rotatable bonds is 7. The molecule has 1 aromatic heterocycles. The van der Waals surface area contributed by atoms with E-state index in [1.165, 1.54) is 0 Å². The largest absolute Gasteiger partial charge is 0.441 e. The molecule has 1 atom stereocenters. The summed E-state index contributed by atoms with van der Waals surface area (Å²) >= 11 is 3.50. The van der Waals surface area contributed by atoms with Gasteiger partial charge in [-0.2, -0.15) is 0 Å². The molecule has 5 nitrogen and oxygen atoms in total. The van der Waals surface area contributed by atoms with Crippen LogP contribution in [0.3, 0.4) is 0 Å². The average molecular weight is 465 g/mol. The zero-order valence-electron chi connectivity index (χ0n) is 14.5. The van der Waals surface area contributed by atoms with Gasteiger partial charge in [0, 0.05) is 29.4 Å². The smallest absolute Gasteiger partial charge is 0.220 e. The molecule has 1 aromatic carbocycles. The highest BCUT2D eigenvalue weighted by Crippen LogP contribution is 2.39. The molecule has 1 fully saturated rings. The van der Waals surface area contributed by atoms with Crippen LogP contribution in [0.2, 0.25) is 0 Å². The van der Waals surface area contributed by atoms with Gasteiger partial charge in [-0.25, -0.2) is 4.98 Å². The Balaban J connectivity index is 0.00000169. The van der Waals surface area contributed by atoms with Crippen LogP contribution in [0.15, 0.2) is 39.4 Å². The molecule has 3 N–H and O–H groups in total. The van der Waals surface area contributed by atoms with Crippen LogP contribution in [-0.4, -0.2) is 23.0 Å². The van der Waals surface area contributed by atoms with Crippen molar-refractivity contribution in [2.24, 2.45) is 11.7 Å². The lowest BCUT2D eigenvalue weighted by Crippen LogP contribution is -2.53. The Hall–Kier alpha value is -1.08. The minimum Gasteiger partial charge on any atom is -0.441 e. The number of hydrogen-bond acceptors (Lipinski definition) is 4. The first-order valence-corrected chi connectivity index (χ1v) is 9.02. The SMILES string of the molecule is CC(CN)(NC(=O)CCc1ncc(-c2ccccc2Br)o1)C1CC1.Cl.Cl. The fourth-order valence-corrected chi connectivity index (χ4v) is 3.33. The second-order valence-corrected chi connectivity index (χ2v) is 7.40. The van der Waals surface area contributed by atoms with Gasteiger partial charge in [0.25, 0.3) is 0 Å². The van der Waals surface area contributed by atoms with E-state index >= 15 is 0 Å². The molecule has 0 bridgehead atoms. The molecule has 1 aliphatic carbocycles. The Bertz CT molecular complexity index is 737. The average Bonchev–Trinajstić information content (AvgIpc) is 3.33. The third kappa shape index (κ3) is 5.46. The highest BCUT2D eigenvalue weighted by molar-refractivity contribution is 9.10. The summed E-state index contributed by atoms with van der Waals surface area (Å²) in [5.41, 5.74) is 6.50. The molecular formula is C18H24BrCl2N3O2. The van der Waals surface area contributed by atoms with Gasteiger partial charge in [0.1, 0.15) is 0 Å². The van der Waals surface area contributed by atoms with Crippen LogP contribution in [0.4, 0.5) is 0 Å². The van der Waals surface area contributed by atoms with Gasteiger partial charge in [0.2, 0.25) is 5.91 Å². The molecule has 0 saturated heterocycles. The van der Waals surface area contributed by atoms with Crippen LogP contribution >= 0.6 is 40.7 Å². The topological polar surface area (TPSA) is 81.1 Å². The first kappa shape index (κ1) is 23.0. The first-order valence-electron chi connectivity index (χ1n) is 8.22. The number of carbonyl (C=O) groups excluding carboxylic acids is 1. The predicted molar refractivity (Wildman–Crippen MR) is 111 cm³/mol. The number of amides is 1. The van der Waals surface area contributed by atoms with Crippen molar-refractivity contribution in [2.75, 3.05) is 6.54 Å². The number of oxazole rings is 1. The van der Waals surface area contributed by atoms with Crippen molar-refractivity contribution in [3.63, 3.8) is 0 Å². The van der Waals surface area contributed by atoms with Gasteiger partial charge in [-0.15, -0.1) is 24.8 Å². The minimum atomic E-state index is -0.284. The van der Waals surface area contributed by atoms with Gasteiger partial charge < -0.3 is 15.5 Å². The molecule has 1 heterocycles. The summed E-state index contributed by atoms with van der Waals surface area (Å²) in [5, 5.41) is 3.08. The molecular weight excluding hydrogens is 441 g/mol. The Labute approximate surface area is 174 Å². The van der Waals surface area contributed by atoms with E-state index in [1.54, 1.807) is 6.20 Å². The summed E-state index contributed by atoms with van der Waals surface area (Å²) < 4.78 is 6.72. The van der Waals surface area contributed by atoms with Crippen LogP contribution in [0.25, 0.3) is 11.3 Å². The molecule has 26 heavy (non-hydrogen) atoms. The lowest BCUT2D eigenvalue weighted by atomic mass is 9.95. The summed E-state index contributed by atoms with van der Waals surface area (Å²) in [5.74, 6) is 1.77. The lowest BCUT2D eigenvalue weighted by molar-refractivity contribution is -0.123. The van der Waals surface area contributed by atoms with Crippen molar-refractivity contribution < 1.29 is 9.21 Å². The molecule has 0 aliphatic heterocycles. The van der Waals surface area contributed by atoms with Gasteiger partial charge in [-0.1, -0.05) is 34.1 Å². The summed E-state index contributed by atoms with van der Waals surface area (Å²) in [6.07, 6.45) is 4.80. The Morgan fingerprint density at radius 1 is 1.38 bits per heavy atom. The maximum Gasteiger partial charge on any atom is 0.220 e. The quantitative estimate of drug-likeness (QED) is 0.645. The fraction of sp³-hybridized carbons (Fsp3) is 0.444. The number of nitrogens with two attached hydrogens (primary N) is 1. The van der Waals surface area contributed by atoms with E-state index in [2.05, 4.69) is 26.2 Å². The maximum atomic E-state index is 12.2. The monoisotopic (exact) mass is 463 g/mol. The van der Waals surface area contributed by atoms with Gasteiger partial charge in [0.05, 0.1) is 11.7 Å². The molecule has 1 amide bonds. The molecule has 0 radical (unpaired) electrons. The van der Waals surface area contributed by atoms with E-state index in [9.17, 15) is 4.79 Å². The molecule has 1 saturated carbocycles. The van der Waals surface area contributed by atoms with Gasteiger partial charge >= 0.3 is 0 Å². The lowest BCUT2D eigenvalue weighted by Gasteiger charge is -2.29. The van der Waals surface area contributed by atoms with Crippen molar-refractivity contribution >= 4 is 46.7 Å². The normalized spacial score (nSPS) is 15.3. The van der Waals surface area contributed by atoms with E-state index in [0.717, 1.165) is 22.9 Å². The van der Waals surface area contributed by atoms with Gasteiger partial charge in [-0.3, -0.25) is 4.79 Å². The van der Waals surface area contributed by atoms with E-state index < -0.39 is 0 Å². The second-order valence-electron chi connectivity index (χ2n) is 6.54. The second kappa shape index (κ2) is 9.74. The standard InChI is InChI=1S/C18H22BrN3O2.2ClH/c1-18(11-20,12-6-7-12)22-16(23)8-9-17-21-10-15(24-17)13-4-2-3-5-14(13)19;;/h2-5,10,12H,6-9,11,20H2,1H3,(H,22,23);2*1H. The summed E-state index contributed by atoms with van der Waals surface area (Å²) in [6.45, 7) is 2.49. The zero-order valence-corrected chi connectivity index (χ0v) is 17.8. The number of halogens is 3. The molecule has 2 aromatic rings. The van der Waals surface area contributed by atoms with E-state index in [4.69, 9.17) is 10.2 Å². The summed E-state index contributed by atoms with van der Waals surface area (Å²) in [6, 6.07) is 7.81. The van der Waals surface area contributed by atoms with Crippen LogP contribution < -0.4 is 11.1 Å². The predicted octanol–water partition coefficient (Wildman–Crippen LogP) is 4.12. The maximum absolute atomic E-state index is 12.2. The van der Waals surface area contributed by atoms with Crippen LogP contribution in [-0.2, 0) is 11.2 Å². The Morgan fingerprint density at radius 3 is 2.69 bits per heavy atom. The number of aryl methyl sites for hydroxylation is 1. The number of nitrogens with zero attached hydrogens (tertiary/aromatic N) is 1. The molecule has 8 heteroatoms. The van der Waals surface area contributed by atoms with E-state index in [0.29, 0.717) is 37.0 Å². The Morgan fingerprint density at radius 2 is 2.08 bits per heavy atom. The number of nitrogens with one attached hydrogen (secondary N) is 1. The van der Waals surface area contributed by atoms with E-state index in [-0.39, 0.29) is 36.3 Å². The summed E-state index contributed by atoms with van der Waals surface area (Å²) in [7, 11) is 0. The summed E-state index contributed by atoms with van der Waals surface area (Å²) in [4.78, 5) is 16.5. The van der Waals surface area contributed by atoms with Crippen LogP contribution in [0.5, 0.6) is 0 Å². The number of benzene rings is 1. The Kier molecular flexibility index (Phi) is 8.60. The van der Waals surface area contributed by atoms with Gasteiger partial charge in [0.15, 0.2) is 11.7 Å². The van der Waals surface area contributed by atoms with Crippen LogP contribution in [0, 0.1) is 5.92 Å². The number of hydrogen-bond donors (Lipinski definition) is 2. The third-order valence-corrected chi connectivity index (χ3v) is 5.28. The number of aromatic nitrogens is 1. The van der Waals surface area contributed by atoms with Crippen LogP contribution in [0.1, 0.15) is 32.1 Å². The fourth-order valence-electron chi connectivity index (χ4n) is 2.85. The molecule has 0 spiro atoms. The minimum absolute atomic E-state index is 0. The van der Waals surface area contributed by atoms with Crippen molar-refractivity contribution in [3.05, 3.63) is 40.8 Å². The van der Waals surface area contributed by atoms with Crippen molar-refractivity contribution in [1.82, 2.24) is 10.3 Å². The molecule has 1 aliphatic rings. The first-order chi connectivity index (χ1) is 11.5. The van der Waals surface area contributed by atoms with Gasteiger partial charge in [-0.05, 0) is 31.7 Å². The van der Waals surface area contributed by atoms with E-state index in [1.807, 2.05) is 31.2 Å². The third-order valence-electron chi connectivity index (χ3n) is 4.59. The van der Waals surface area contributed by atoms with Crippen molar-refractivity contribution in [3.8, 4) is 11.3 Å². The van der Waals surface area contributed by atoms with Crippen molar-refractivity contribution in [1.29, 1.82) is 0 Å². The molecule has 1 unspecified atom stereocenters. The zero-order chi connectivity index (χ0) is 17.2. The van der Waals surface area contributed by atoms with Crippen molar-refractivity contribution in [2.45, 2.75) is 38.1 Å². The highest BCUT2D eigenvalue weighted by atomic mass is 79.9. The molecule has 144 valence electrons. The highest BCUT2D eigenvalue weighted by Gasteiger charge is 2.41.